The number of Topliss-reactive ketones (excluding diaryl/α,β-unsaturated/α-hetero) is 1. The van der Waals surface area contributed by atoms with Crippen LogP contribution in [0.4, 0.5) is 0 Å². The van der Waals surface area contributed by atoms with E-state index >= 15 is 0 Å². The van der Waals surface area contributed by atoms with Gasteiger partial charge in [-0.2, -0.15) is 0 Å². The predicted molar refractivity (Wildman–Crippen MR) is 163 cm³/mol. The Balaban J connectivity index is 1.52. The summed E-state index contributed by atoms with van der Waals surface area (Å²) in [7, 11) is 1.62. The fraction of sp³-hybridized carbons (Fsp3) is 0.265. The number of nitrogens with zero attached hydrogens (tertiary/aromatic N) is 2. The van der Waals surface area contributed by atoms with Crippen LogP contribution in [0.25, 0.3) is 10.6 Å². The molecule has 210 valence electrons. The quantitative estimate of drug-likeness (QED) is 0.227. The van der Waals surface area contributed by atoms with Crippen LogP contribution in [-0.2, 0) is 16.6 Å². The van der Waals surface area contributed by atoms with Crippen molar-refractivity contribution in [3.63, 3.8) is 0 Å². The number of amides is 1. The lowest BCUT2D eigenvalue weighted by Crippen LogP contribution is -2.33. The molecule has 0 spiro atoms. The number of aryl methyl sites for hydroxylation is 1. The van der Waals surface area contributed by atoms with Crippen molar-refractivity contribution in [3.05, 3.63) is 117 Å². The monoisotopic (exact) mass is 566 g/mol. The molecular weight excluding hydrogens is 532 g/mol. The largest absolute Gasteiger partial charge is 0.503 e. The Morgan fingerprint density at radius 2 is 1.66 bits per heavy atom. The van der Waals surface area contributed by atoms with E-state index in [0.717, 1.165) is 33.0 Å². The lowest BCUT2D eigenvalue weighted by Gasteiger charge is -2.28. The smallest absolute Gasteiger partial charge is 0.290 e. The van der Waals surface area contributed by atoms with Gasteiger partial charge in [-0.25, -0.2) is 4.98 Å². The van der Waals surface area contributed by atoms with Crippen molar-refractivity contribution in [1.82, 2.24) is 9.88 Å². The fourth-order valence-electron chi connectivity index (χ4n) is 5.10. The first kappa shape index (κ1) is 28.3. The number of rotatable bonds is 8. The molecule has 0 aliphatic carbocycles. The van der Waals surface area contributed by atoms with E-state index in [9.17, 15) is 14.7 Å². The van der Waals surface area contributed by atoms with Crippen molar-refractivity contribution in [1.29, 1.82) is 0 Å². The number of aliphatic hydroxyl groups excluding tert-OH is 1. The van der Waals surface area contributed by atoms with Gasteiger partial charge in [-0.1, -0.05) is 87.5 Å². The van der Waals surface area contributed by atoms with Crippen molar-refractivity contribution in [2.45, 2.75) is 45.6 Å². The Morgan fingerprint density at radius 1 is 1.00 bits per heavy atom. The van der Waals surface area contributed by atoms with Crippen LogP contribution in [0.2, 0.25) is 0 Å². The van der Waals surface area contributed by atoms with Gasteiger partial charge in [0.1, 0.15) is 10.8 Å². The van der Waals surface area contributed by atoms with Crippen molar-refractivity contribution >= 4 is 23.0 Å². The van der Waals surface area contributed by atoms with Crippen LogP contribution in [-0.4, -0.2) is 40.3 Å². The van der Waals surface area contributed by atoms with Gasteiger partial charge in [0, 0.05) is 12.1 Å². The summed E-state index contributed by atoms with van der Waals surface area (Å²) in [6, 6.07) is 24.6. The minimum atomic E-state index is -0.719. The van der Waals surface area contributed by atoms with Crippen LogP contribution in [0.15, 0.2) is 90.2 Å². The molecule has 7 heteroatoms. The average molecular weight is 567 g/mol. The summed E-state index contributed by atoms with van der Waals surface area (Å²) in [5, 5.41) is 11.9. The minimum Gasteiger partial charge on any atom is -0.503 e. The van der Waals surface area contributed by atoms with E-state index in [1.54, 1.807) is 18.9 Å². The summed E-state index contributed by atoms with van der Waals surface area (Å²) in [6.45, 7) is 8.53. The second-order valence-electron chi connectivity index (χ2n) is 11.3. The summed E-state index contributed by atoms with van der Waals surface area (Å²) in [6.07, 6.45) is 0.554. The van der Waals surface area contributed by atoms with Crippen molar-refractivity contribution in [2.75, 3.05) is 13.7 Å². The Kier molecular flexibility index (Phi) is 7.82. The molecule has 0 bridgehead atoms. The maximum Gasteiger partial charge on any atom is 0.290 e. The third-order valence-corrected chi connectivity index (χ3v) is 8.67. The van der Waals surface area contributed by atoms with E-state index in [2.05, 4.69) is 25.8 Å². The lowest BCUT2D eigenvalue weighted by atomic mass is 9.85. The molecular formula is C34H34N2O4S. The van der Waals surface area contributed by atoms with E-state index in [-0.39, 0.29) is 16.8 Å². The Morgan fingerprint density at radius 3 is 2.27 bits per heavy atom. The highest BCUT2D eigenvalue weighted by atomic mass is 32.1. The molecule has 1 unspecified atom stereocenters. The second-order valence-corrected chi connectivity index (χ2v) is 12.3. The third kappa shape index (κ3) is 5.68. The maximum atomic E-state index is 14.1. The van der Waals surface area contributed by atoms with E-state index in [1.165, 1.54) is 11.3 Å². The zero-order valence-corrected chi connectivity index (χ0v) is 24.8. The topological polar surface area (TPSA) is 79.7 Å². The molecule has 0 radical (unpaired) electrons. The molecule has 0 saturated carbocycles. The molecule has 1 amide bonds. The lowest BCUT2D eigenvalue weighted by molar-refractivity contribution is -0.129. The number of benzene rings is 3. The van der Waals surface area contributed by atoms with Crippen molar-refractivity contribution in [2.24, 2.45) is 0 Å². The Labute approximate surface area is 245 Å². The number of aliphatic hydroxyl groups is 1. The number of ketones is 1. The number of carbonyl (C=O) groups excluding carboxylic acids is 2. The standard InChI is InChI=1S/C34H34N2O4S/c1-21-31(41-32(35-21)24-9-7-6-8-10-24)29(37)27-28(23-13-15-25(16-14-23)34(2,3)4)36(33(39)30(27)38)20-19-22-11-17-26(40-5)18-12-22/h6-18,28,38H,19-20H2,1-5H3. The molecule has 1 N–H and O–H groups in total. The van der Waals surface area contributed by atoms with Crippen molar-refractivity contribution < 1.29 is 19.4 Å². The first-order chi connectivity index (χ1) is 19.6. The normalized spacial score (nSPS) is 15.5. The first-order valence-electron chi connectivity index (χ1n) is 13.6. The van der Waals surface area contributed by atoms with E-state index in [1.807, 2.05) is 78.9 Å². The molecule has 41 heavy (non-hydrogen) atoms. The van der Waals surface area contributed by atoms with Gasteiger partial charge in [0.25, 0.3) is 5.91 Å². The van der Waals surface area contributed by atoms with Crippen LogP contribution in [0.3, 0.4) is 0 Å². The summed E-state index contributed by atoms with van der Waals surface area (Å²) in [5.41, 5.74) is 4.47. The van der Waals surface area contributed by atoms with Gasteiger partial charge in [-0.05, 0) is 47.6 Å². The van der Waals surface area contributed by atoms with Crippen LogP contribution >= 0.6 is 11.3 Å². The molecule has 3 aromatic carbocycles. The summed E-state index contributed by atoms with van der Waals surface area (Å²) < 4.78 is 5.26. The number of ether oxygens (including phenoxy) is 1. The maximum absolute atomic E-state index is 14.1. The summed E-state index contributed by atoms with van der Waals surface area (Å²) in [4.78, 5) is 34.3. The van der Waals surface area contributed by atoms with Crippen molar-refractivity contribution in [3.8, 4) is 16.3 Å². The van der Waals surface area contributed by atoms with E-state index < -0.39 is 17.7 Å². The van der Waals surface area contributed by atoms with Gasteiger partial charge in [0.05, 0.1) is 29.3 Å². The highest BCUT2D eigenvalue weighted by Crippen LogP contribution is 2.41. The van der Waals surface area contributed by atoms with E-state index in [4.69, 9.17) is 4.74 Å². The minimum absolute atomic E-state index is 0.0533. The van der Waals surface area contributed by atoms with Crippen LogP contribution in [0.1, 0.15) is 58.9 Å². The van der Waals surface area contributed by atoms with Gasteiger partial charge >= 0.3 is 0 Å². The van der Waals surface area contributed by atoms with Gasteiger partial charge < -0.3 is 14.7 Å². The van der Waals surface area contributed by atoms with E-state index in [0.29, 0.717) is 23.5 Å². The number of aromatic nitrogens is 1. The second kappa shape index (κ2) is 11.3. The third-order valence-electron chi connectivity index (χ3n) is 7.46. The zero-order valence-electron chi connectivity index (χ0n) is 24.0. The van der Waals surface area contributed by atoms with Gasteiger partial charge in [-0.3, -0.25) is 9.59 Å². The number of hydrogen-bond donors (Lipinski definition) is 1. The first-order valence-corrected chi connectivity index (χ1v) is 14.4. The number of hydrogen-bond acceptors (Lipinski definition) is 6. The fourth-order valence-corrected chi connectivity index (χ4v) is 6.13. The van der Waals surface area contributed by atoms with Crippen LogP contribution in [0, 0.1) is 6.92 Å². The molecule has 1 atom stereocenters. The number of carbonyl (C=O) groups is 2. The Bertz CT molecular complexity index is 1600. The van der Waals surface area contributed by atoms with Crippen LogP contribution in [0.5, 0.6) is 5.75 Å². The number of methoxy groups -OCH3 is 1. The molecule has 6 nitrogen and oxygen atoms in total. The molecule has 5 rings (SSSR count). The molecule has 1 aliphatic rings. The Hall–Kier alpha value is -4.23. The van der Waals surface area contributed by atoms with Gasteiger partial charge in [0.2, 0.25) is 5.78 Å². The van der Waals surface area contributed by atoms with Crippen LogP contribution < -0.4 is 4.74 Å². The molecule has 1 aliphatic heterocycles. The molecule has 2 heterocycles. The zero-order chi connectivity index (χ0) is 29.3. The average Bonchev–Trinajstić information content (AvgIpc) is 3.48. The molecule has 4 aromatic rings. The van der Waals surface area contributed by atoms with Gasteiger partial charge in [0.15, 0.2) is 5.76 Å². The van der Waals surface area contributed by atoms with Gasteiger partial charge in [-0.15, -0.1) is 11.3 Å². The molecule has 1 aromatic heterocycles. The number of thiazole rings is 1. The predicted octanol–water partition coefficient (Wildman–Crippen LogP) is 7.25. The summed E-state index contributed by atoms with van der Waals surface area (Å²) >= 11 is 1.28. The highest BCUT2D eigenvalue weighted by molar-refractivity contribution is 7.17. The highest BCUT2D eigenvalue weighted by Gasteiger charge is 2.44. The SMILES string of the molecule is COc1ccc(CCN2C(=O)C(O)=C(C(=O)c3sc(-c4ccccc4)nc3C)C2c2ccc(C(C)(C)C)cc2)cc1. The molecule has 0 saturated heterocycles. The summed E-state index contributed by atoms with van der Waals surface area (Å²) in [5.74, 6) is -0.657. The molecule has 0 fully saturated rings.